The Morgan fingerprint density at radius 2 is 2.12 bits per heavy atom. The number of hydrogen-bond acceptors (Lipinski definition) is 4. The molecule has 0 saturated heterocycles. The summed E-state index contributed by atoms with van der Waals surface area (Å²) in [7, 11) is 1.54. The first-order valence-electron chi connectivity index (χ1n) is 6.93. The minimum absolute atomic E-state index is 0.305. The lowest BCUT2D eigenvalue weighted by molar-refractivity contribution is 0.102. The van der Waals surface area contributed by atoms with Gasteiger partial charge in [0.25, 0.3) is 5.91 Å². The number of ether oxygens (including phenoxy) is 1. The molecule has 0 aliphatic heterocycles. The number of anilines is 1. The highest BCUT2D eigenvalue weighted by Gasteiger charge is 2.14. The van der Waals surface area contributed by atoms with Gasteiger partial charge < -0.3 is 4.74 Å². The lowest BCUT2D eigenvalue weighted by Gasteiger charge is -2.06. The summed E-state index contributed by atoms with van der Waals surface area (Å²) in [6, 6.07) is 11.3. The molecule has 3 rings (SSSR count). The van der Waals surface area contributed by atoms with Crippen LogP contribution < -0.4 is 10.1 Å². The average Bonchev–Trinajstić information content (AvgIpc) is 3.03. The van der Waals surface area contributed by atoms with Crippen molar-refractivity contribution in [1.29, 1.82) is 0 Å². The summed E-state index contributed by atoms with van der Waals surface area (Å²) in [6.45, 7) is 0. The minimum Gasteiger partial charge on any atom is -0.497 e. The zero-order valence-electron chi connectivity index (χ0n) is 12.5. The summed E-state index contributed by atoms with van der Waals surface area (Å²) < 4.78 is 19.1. The smallest absolute Gasteiger partial charge is 0.258 e. The lowest BCUT2D eigenvalue weighted by Crippen LogP contribution is -2.12. The summed E-state index contributed by atoms with van der Waals surface area (Å²) >= 11 is 4.63. The fourth-order valence-electron chi connectivity index (χ4n) is 2.08. The van der Waals surface area contributed by atoms with E-state index in [-0.39, 0.29) is 11.7 Å². The molecule has 1 N–H and O–H groups in total. The van der Waals surface area contributed by atoms with Crippen LogP contribution in [0.1, 0.15) is 10.4 Å². The van der Waals surface area contributed by atoms with Gasteiger partial charge in [0.1, 0.15) is 11.6 Å². The maximum Gasteiger partial charge on any atom is 0.258 e. The third-order valence-corrected chi connectivity index (χ3v) is 4.71. The molecule has 1 heterocycles. The third kappa shape index (κ3) is 3.63. The number of amides is 1. The first-order chi connectivity index (χ1) is 11.6. The number of benzene rings is 2. The predicted octanol–water partition coefficient (Wildman–Crippen LogP) is 4.97. The van der Waals surface area contributed by atoms with E-state index in [0.29, 0.717) is 32.2 Å². The van der Waals surface area contributed by atoms with Crippen LogP contribution in [0, 0.1) is 5.82 Å². The first-order valence-corrected chi connectivity index (χ1v) is 8.60. The molecule has 0 unspecified atom stereocenters. The van der Waals surface area contributed by atoms with Gasteiger partial charge in [-0.05, 0) is 46.3 Å². The zero-order chi connectivity index (χ0) is 17.1. The van der Waals surface area contributed by atoms with Gasteiger partial charge >= 0.3 is 0 Å². The molecular weight excluding hydrogens is 395 g/mol. The number of hydrogen-bond donors (Lipinski definition) is 1. The number of aromatic nitrogens is 1. The number of thiazole rings is 1. The van der Waals surface area contributed by atoms with Crippen molar-refractivity contribution in [2.24, 2.45) is 0 Å². The van der Waals surface area contributed by atoms with Crippen LogP contribution in [0.3, 0.4) is 0 Å². The van der Waals surface area contributed by atoms with E-state index in [1.807, 2.05) is 0 Å². The quantitative estimate of drug-likeness (QED) is 0.664. The van der Waals surface area contributed by atoms with Gasteiger partial charge in [-0.1, -0.05) is 12.1 Å². The average molecular weight is 407 g/mol. The van der Waals surface area contributed by atoms with Gasteiger partial charge in [-0.3, -0.25) is 10.1 Å². The molecule has 122 valence electrons. The van der Waals surface area contributed by atoms with Crippen molar-refractivity contribution in [2.75, 3.05) is 12.4 Å². The Labute approximate surface area is 150 Å². The number of nitrogens with zero attached hydrogens (tertiary/aromatic N) is 1. The summed E-state index contributed by atoms with van der Waals surface area (Å²) in [5.41, 5.74) is 1.71. The minimum atomic E-state index is -0.327. The molecule has 0 spiro atoms. The van der Waals surface area contributed by atoms with E-state index < -0.39 is 0 Å². The van der Waals surface area contributed by atoms with Crippen LogP contribution in [-0.2, 0) is 0 Å². The Morgan fingerprint density at radius 1 is 1.29 bits per heavy atom. The Bertz CT molecular complexity index is 898. The van der Waals surface area contributed by atoms with E-state index in [9.17, 15) is 9.18 Å². The van der Waals surface area contributed by atoms with E-state index >= 15 is 0 Å². The Kier molecular flexibility index (Phi) is 4.92. The highest BCUT2D eigenvalue weighted by Crippen LogP contribution is 2.27. The fraction of sp³-hybridized carbons (Fsp3) is 0.0588. The molecule has 2 aromatic carbocycles. The third-order valence-electron chi connectivity index (χ3n) is 3.26. The summed E-state index contributed by atoms with van der Waals surface area (Å²) in [6.07, 6.45) is 0. The molecule has 0 fully saturated rings. The number of nitrogens with one attached hydrogen (secondary N) is 1. The van der Waals surface area contributed by atoms with Gasteiger partial charge in [-0.15, -0.1) is 11.3 Å². The molecule has 24 heavy (non-hydrogen) atoms. The number of methoxy groups -OCH3 is 1. The molecule has 0 aliphatic rings. The van der Waals surface area contributed by atoms with Crippen molar-refractivity contribution >= 4 is 38.3 Å². The van der Waals surface area contributed by atoms with Gasteiger partial charge in [-0.25, -0.2) is 9.37 Å². The summed E-state index contributed by atoms with van der Waals surface area (Å²) in [5, 5.41) is 4.95. The van der Waals surface area contributed by atoms with Crippen molar-refractivity contribution in [2.45, 2.75) is 0 Å². The summed E-state index contributed by atoms with van der Waals surface area (Å²) in [5.74, 6) is -0.0461. The van der Waals surface area contributed by atoms with Crippen molar-refractivity contribution in [3.8, 4) is 17.0 Å². The van der Waals surface area contributed by atoms with Gasteiger partial charge in [-0.2, -0.15) is 0 Å². The van der Waals surface area contributed by atoms with Gasteiger partial charge in [0.15, 0.2) is 5.13 Å². The number of carbonyl (C=O) groups is 1. The van der Waals surface area contributed by atoms with E-state index in [2.05, 4.69) is 26.2 Å². The van der Waals surface area contributed by atoms with Crippen LogP contribution in [0.15, 0.2) is 52.3 Å². The van der Waals surface area contributed by atoms with E-state index in [0.717, 1.165) is 0 Å². The first kappa shape index (κ1) is 16.6. The van der Waals surface area contributed by atoms with Crippen molar-refractivity contribution in [3.63, 3.8) is 0 Å². The molecule has 0 saturated carbocycles. The van der Waals surface area contributed by atoms with Crippen LogP contribution in [-0.4, -0.2) is 18.0 Å². The maximum atomic E-state index is 13.3. The normalized spacial score (nSPS) is 10.5. The second kappa shape index (κ2) is 7.11. The van der Waals surface area contributed by atoms with Gasteiger partial charge in [0.2, 0.25) is 0 Å². The number of carbonyl (C=O) groups excluding carboxylic acids is 1. The second-order valence-corrected chi connectivity index (χ2v) is 6.56. The van der Waals surface area contributed by atoms with E-state index in [4.69, 9.17) is 4.74 Å². The molecule has 1 aromatic heterocycles. The van der Waals surface area contributed by atoms with Crippen molar-refractivity contribution in [3.05, 3.63) is 63.7 Å². The molecule has 0 atom stereocenters. The Balaban J connectivity index is 1.81. The molecule has 4 nitrogen and oxygen atoms in total. The van der Waals surface area contributed by atoms with Crippen LogP contribution >= 0.6 is 27.3 Å². The molecule has 7 heteroatoms. The largest absolute Gasteiger partial charge is 0.497 e. The van der Waals surface area contributed by atoms with E-state index in [1.54, 1.807) is 35.7 Å². The molecule has 0 aliphatic carbocycles. The fourth-order valence-corrected chi connectivity index (χ4v) is 3.22. The molecule has 3 aromatic rings. The Morgan fingerprint density at radius 3 is 2.88 bits per heavy atom. The van der Waals surface area contributed by atoms with Crippen molar-refractivity contribution < 1.29 is 13.9 Å². The van der Waals surface area contributed by atoms with Crippen LogP contribution in [0.25, 0.3) is 11.3 Å². The Hall–Kier alpha value is -2.25. The predicted molar refractivity (Wildman–Crippen MR) is 96.2 cm³/mol. The van der Waals surface area contributed by atoms with Crippen LogP contribution in [0.2, 0.25) is 0 Å². The number of rotatable bonds is 4. The molecule has 1 amide bonds. The summed E-state index contributed by atoms with van der Waals surface area (Å²) in [4.78, 5) is 16.7. The zero-order valence-corrected chi connectivity index (χ0v) is 14.9. The van der Waals surface area contributed by atoms with Crippen LogP contribution in [0.4, 0.5) is 9.52 Å². The monoisotopic (exact) mass is 406 g/mol. The second-order valence-electron chi connectivity index (χ2n) is 4.85. The standard InChI is InChI=1S/C17H12BrFN2O2S/c1-23-12-5-6-14(18)13(8-12)16(22)21-17-20-15(9-24-17)10-3-2-4-11(19)7-10/h2-9H,1H3,(H,20,21,22). The van der Waals surface area contributed by atoms with Crippen molar-refractivity contribution in [1.82, 2.24) is 4.98 Å². The van der Waals surface area contributed by atoms with Gasteiger partial charge in [0, 0.05) is 15.4 Å². The molecular formula is C17H12BrFN2O2S. The van der Waals surface area contributed by atoms with Crippen LogP contribution in [0.5, 0.6) is 5.75 Å². The number of halogens is 2. The highest BCUT2D eigenvalue weighted by atomic mass is 79.9. The molecule has 0 radical (unpaired) electrons. The van der Waals surface area contributed by atoms with E-state index in [1.165, 1.54) is 30.6 Å². The topological polar surface area (TPSA) is 51.2 Å². The lowest BCUT2D eigenvalue weighted by atomic mass is 10.2. The SMILES string of the molecule is COc1ccc(Br)c(C(=O)Nc2nc(-c3cccc(F)c3)cs2)c1. The highest BCUT2D eigenvalue weighted by molar-refractivity contribution is 9.10. The van der Waals surface area contributed by atoms with Gasteiger partial charge in [0.05, 0.1) is 18.4 Å². The maximum absolute atomic E-state index is 13.3. The molecule has 0 bridgehead atoms.